The smallest absolute Gasteiger partial charge is 0.313 e. The van der Waals surface area contributed by atoms with Crippen molar-refractivity contribution in [3.05, 3.63) is 24.3 Å². The van der Waals surface area contributed by atoms with Gasteiger partial charge < -0.3 is 24.4 Å². The molecule has 5 aliphatic rings. The molecule has 5 atom stereocenters. The summed E-state index contributed by atoms with van der Waals surface area (Å²) < 4.78 is 12.4. The summed E-state index contributed by atoms with van der Waals surface area (Å²) in [4.78, 5) is 45.2. The third-order valence-corrected chi connectivity index (χ3v) is 8.60. The van der Waals surface area contributed by atoms with Gasteiger partial charge in [0.2, 0.25) is 11.8 Å². The van der Waals surface area contributed by atoms with Crippen molar-refractivity contribution in [2.24, 2.45) is 11.8 Å². The van der Waals surface area contributed by atoms with Crippen LogP contribution in [0.3, 0.4) is 0 Å². The number of hydrogen-bond donors (Lipinski definition) is 1. The van der Waals surface area contributed by atoms with Gasteiger partial charge in [0, 0.05) is 25.7 Å². The molecule has 4 aliphatic heterocycles. The molecule has 8 nitrogen and oxygen atoms in total. The van der Waals surface area contributed by atoms with Gasteiger partial charge in [-0.2, -0.15) is 0 Å². The van der Waals surface area contributed by atoms with Crippen LogP contribution in [0.5, 0.6) is 0 Å². The lowest BCUT2D eigenvalue weighted by atomic mass is 9.74. The van der Waals surface area contributed by atoms with Crippen LogP contribution in [0.15, 0.2) is 24.3 Å². The largest absolute Gasteiger partial charge is 0.465 e. The van der Waals surface area contributed by atoms with E-state index in [4.69, 9.17) is 9.47 Å². The Hall–Kier alpha value is -2.19. The van der Waals surface area contributed by atoms with Gasteiger partial charge in [-0.15, -0.1) is 0 Å². The number of ether oxygens (including phenoxy) is 2. The van der Waals surface area contributed by atoms with Gasteiger partial charge in [0.1, 0.15) is 17.6 Å². The van der Waals surface area contributed by atoms with Crippen LogP contribution in [-0.4, -0.2) is 82.3 Å². The molecule has 4 heterocycles. The minimum absolute atomic E-state index is 0.0860. The summed E-state index contributed by atoms with van der Waals surface area (Å²) in [5.74, 6) is -2.50. The molecule has 2 saturated heterocycles. The van der Waals surface area contributed by atoms with E-state index in [-0.39, 0.29) is 31.0 Å². The number of aliphatic hydroxyl groups is 1. The van der Waals surface area contributed by atoms with Crippen LogP contribution in [0, 0.1) is 11.8 Å². The van der Waals surface area contributed by atoms with Crippen LogP contribution >= 0.6 is 0 Å². The molecule has 3 fully saturated rings. The van der Waals surface area contributed by atoms with Crippen LogP contribution < -0.4 is 0 Å². The second-order valence-electron chi connectivity index (χ2n) is 10.9. The summed E-state index contributed by atoms with van der Waals surface area (Å²) in [5, 5.41) is 9.52. The Kier molecular flexibility index (Phi) is 6.79. The van der Waals surface area contributed by atoms with Crippen molar-refractivity contribution in [2.75, 3.05) is 26.3 Å². The van der Waals surface area contributed by atoms with Crippen molar-refractivity contribution < 1.29 is 29.0 Å². The molecular formula is C27H38N2O6. The van der Waals surface area contributed by atoms with Gasteiger partial charge in [-0.1, -0.05) is 43.6 Å². The Morgan fingerprint density at radius 2 is 1.80 bits per heavy atom. The summed E-state index contributed by atoms with van der Waals surface area (Å²) in [6.07, 6.45) is 15.9. The zero-order chi connectivity index (χ0) is 24.6. The summed E-state index contributed by atoms with van der Waals surface area (Å²) >= 11 is 0. The lowest BCUT2D eigenvalue weighted by Gasteiger charge is -2.40. The number of cyclic esters (lactones) is 1. The van der Waals surface area contributed by atoms with Gasteiger partial charge in [0.15, 0.2) is 0 Å². The van der Waals surface area contributed by atoms with Gasteiger partial charge >= 0.3 is 5.97 Å². The number of rotatable bonds is 4. The van der Waals surface area contributed by atoms with E-state index < -0.39 is 35.0 Å². The molecule has 1 aliphatic carbocycles. The topological polar surface area (TPSA) is 96.4 Å². The maximum Gasteiger partial charge on any atom is 0.313 e. The molecular weight excluding hydrogens is 448 g/mol. The first-order chi connectivity index (χ1) is 16.9. The molecule has 1 N–H and O–H groups in total. The highest BCUT2D eigenvalue weighted by atomic mass is 16.6. The number of nitrogens with zero attached hydrogens (tertiary/aromatic N) is 2. The molecule has 192 valence electrons. The lowest BCUT2D eigenvalue weighted by Crippen LogP contribution is -2.57. The van der Waals surface area contributed by atoms with Gasteiger partial charge in [0.25, 0.3) is 0 Å². The molecule has 0 radical (unpaired) electrons. The lowest BCUT2D eigenvalue weighted by molar-refractivity contribution is -0.160. The van der Waals surface area contributed by atoms with E-state index in [1.807, 2.05) is 36.1 Å². The van der Waals surface area contributed by atoms with E-state index in [1.165, 1.54) is 6.42 Å². The number of likely N-dealkylation sites (tertiary alicyclic amines) is 1. The molecule has 1 unspecified atom stereocenters. The summed E-state index contributed by atoms with van der Waals surface area (Å²) in [6, 6.07) is -0.713. The molecule has 0 aromatic heterocycles. The van der Waals surface area contributed by atoms with Crippen molar-refractivity contribution in [1.29, 1.82) is 0 Å². The van der Waals surface area contributed by atoms with Crippen molar-refractivity contribution >= 4 is 17.8 Å². The Labute approximate surface area is 207 Å². The molecule has 0 bridgehead atoms. The summed E-state index contributed by atoms with van der Waals surface area (Å²) in [5.41, 5.74) is -2.30. The third kappa shape index (κ3) is 4.02. The number of carbonyl (C=O) groups is 3. The number of allylic oxidation sites excluding steroid dienone is 1. The van der Waals surface area contributed by atoms with E-state index in [0.717, 1.165) is 44.9 Å². The average molecular weight is 487 g/mol. The normalized spacial score (nSPS) is 39.0. The Bertz CT molecular complexity index is 911. The SMILES string of the molecule is C[C@@]12/C=C\CCCCOC(=O)[C@@H]1[C@H]1C(=O)N(CCCO)C3C(=O)N(C4CCCCC4)CC=C[C@@]31O2. The molecule has 5 rings (SSSR count). The van der Waals surface area contributed by atoms with Crippen LogP contribution in [-0.2, 0) is 23.9 Å². The van der Waals surface area contributed by atoms with Crippen molar-refractivity contribution in [2.45, 2.75) is 88.0 Å². The van der Waals surface area contributed by atoms with E-state index in [9.17, 15) is 19.5 Å². The Morgan fingerprint density at radius 3 is 2.57 bits per heavy atom. The zero-order valence-corrected chi connectivity index (χ0v) is 20.7. The Balaban J connectivity index is 1.59. The summed E-state index contributed by atoms with van der Waals surface area (Å²) in [6.45, 7) is 2.79. The summed E-state index contributed by atoms with van der Waals surface area (Å²) in [7, 11) is 0. The molecule has 1 saturated carbocycles. The fraction of sp³-hybridized carbons (Fsp3) is 0.741. The van der Waals surface area contributed by atoms with Crippen LogP contribution in [0.1, 0.15) is 64.7 Å². The monoisotopic (exact) mass is 486 g/mol. The number of aliphatic hydroxyl groups excluding tert-OH is 1. The minimum Gasteiger partial charge on any atom is -0.465 e. The number of hydrogen-bond acceptors (Lipinski definition) is 6. The van der Waals surface area contributed by atoms with Gasteiger partial charge in [-0.3, -0.25) is 14.4 Å². The second kappa shape index (κ2) is 9.69. The van der Waals surface area contributed by atoms with Crippen molar-refractivity contribution in [3.8, 4) is 0 Å². The quantitative estimate of drug-likeness (QED) is 0.484. The molecule has 2 amide bonds. The van der Waals surface area contributed by atoms with Crippen LogP contribution in [0.25, 0.3) is 0 Å². The van der Waals surface area contributed by atoms with E-state index in [1.54, 1.807) is 4.90 Å². The number of fused-ring (bicyclic) bond motifs is 2. The van der Waals surface area contributed by atoms with Crippen molar-refractivity contribution in [3.63, 3.8) is 0 Å². The van der Waals surface area contributed by atoms with Crippen LogP contribution in [0.4, 0.5) is 0 Å². The molecule has 0 aromatic carbocycles. The first-order valence-corrected chi connectivity index (χ1v) is 13.4. The average Bonchev–Trinajstić information content (AvgIpc) is 3.17. The first-order valence-electron chi connectivity index (χ1n) is 13.4. The predicted octanol–water partition coefficient (Wildman–Crippen LogP) is 2.35. The van der Waals surface area contributed by atoms with E-state index >= 15 is 0 Å². The second-order valence-corrected chi connectivity index (χ2v) is 10.9. The first kappa shape index (κ1) is 24.5. The van der Waals surface area contributed by atoms with Gasteiger partial charge in [-0.05, 0) is 45.4 Å². The van der Waals surface area contributed by atoms with E-state index in [2.05, 4.69) is 0 Å². The maximum atomic E-state index is 14.2. The predicted molar refractivity (Wildman–Crippen MR) is 128 cm³/mol. The minimum atomic E-state index is -1.25. The fourth-order valence-corrected chi connectivity index (χ4v) is 7.02. The number of carbonyl (C=O) groups excluding carboxylic acids is 3. The zero-order valence-electron chi connectivity index (χ0n) is 20.7. The standard InChI is InChI=1S/C27H38N2O6/c1-26-13-7-2-3-8-18-34-25(33)21(26)20-23(31)29(16-10-17-30)22-24(32)28(19-11-5-4-6-12-19)15-9-14-27(20,22)35-26/h7,9,13-14,19-22,30H,2-6,8,10-12,15-18H2,1H3/b13-7-/t20-,21-,22?,26+,27-/m0/s1. The Morgan fingerprint density at radius 1 is 1.00 bits per heavy atom. The van der Waals surface area contributed by atoms with E-state index in [0.29, 0.717) is 19.6 Å². The third-order valence-electron chi connectivity index (χ3n) is 8.60. The fourth-order valence-electron chi connectivity index (χ4n) is 7.02. The highest BCUT2D eigenvalue weighted by Crippen LogP contribution is 2.57. The maximum absolute atomic E-state index is 14.2. The van der Waals surface area contributed by atoms with Gasteiger partial charge in [0.05, 0.1) is 18.1 Å². The molecule has 1 spiro atoms. The van der Waals surface area contributed by atoms with Crippen LogP contribution in [0.2, 0.25) is 0 Å². The number of amides is 2. The number of esters is 1. The van der Waals surface area contributed by atoms with Crippen molar-refractivity contribution in [1.82, 2.24) is 9.80 Å². The molecule has 35 heavy (non-hydrogen) atoms. The molecule has 8 heteroatoms. The highest BCUT2D eigenvalue weighted by molar-refractivity contribution is 5.99. The highest BCUT2D eigenvalue weighted by Gasteiger charge is 2.74. The van der Waals surface area contributed by atoms with Gasteiger partial charge in [-0.25, -0.2) is 0 Å². The molecule has 0 aromatic rings.